The van der Waals surface area contributed by atoms with Crippen molar-refractivity contribution in [2.24, 2.45) is 7.05 Å². The van der Waals surface area contributed by atoms with E-state index in [4.69, 9.17) is 0 Å². The highest BCUT2D eigenvalue weighted by atomic mass is 16.5. The standard InChI is InChI=1S/C8H12N2O2/c1-4-7-9-5-6(10(7)2)8(11)12-3/h5H,4H2,1-3H3. The Morgan fingerprint density at radius 2 is 2.42 bits per heavy atom. The van der Waals surface area contributed by atoms with Gasteiger partial charge in [-0.1, -0.05) is 6.92 Å². The Labute approximate surface area is 71.2 Å². The van der Waals surface area contributed by atoms with Crippen molar-refractivity contribution in [3.63, 3.8) is 0 Å². The zero-order valence-electron chi connectivity index (χ0n) is 7.50. The number of carbonyl (C=O) groups is 1. The fourth-order valence-electron chi connectivity index (χ4n) is 1.07. The third-order valence-electron chi connectivity index (χ3n) is 1.80. The van der Waals surface area contributed by atoms with Gasteiger partial charge in [-0.15, -0.1) is 0 Å². The van der Waals surface area contributed by atoms with E-state index < -0.39 is 0 Å². The van der Waals surface area contributed by atoms with Gasteiger partial charge in [0.05, 0.1) is 13.3 Å². The molecule has 1 rings (SSSR count). The van der Waals surface area contributed by atoms with E-state index in [0.717, 1.165) is 12.2 Å². The topological polar surface area (TPSA) is 44.1 Å². The molecule has 0 aliphatic rings. The van der Waals surface area contributed by atoms with Gasteiger partial charge >= 0.3 is 5.97 Å². The molecule has 12 heavy (non-hydrogen) atoms. The molecule has 0 aromatic carbocycles. The van der Waals surface area contributed by atoms with Crippen LogP contribution in [0.1, 0.15) is 23.2 Å². The molecule has 4 heteroatoms. The van der Waals surface area contributed by atoms with E-state index in [0.29, 0.717) is 5.69 Å². The van der Waals surface area contributed by atoms with Crippen molar-refractivity contribution >= 4 is 5.97 Å². The fraction of sp³-hybridized carbons (Fsp3) is 0.500. The Bertz CT molecular complexity index is 291. The third kappa shape index (κ3) is 1.32. The second kappa shape index (κ2) is 3.38. The molecule has 0 saturated heterocycles. The van der Waals surface area contributed by atoms with E-state index in [1.165, 1.54) is 13.3 Å². The number of aryl methyl sites for hydroxylation is 1. The molecule has 0 bridgehead atoms. The summed E-state index contributed by atoms with van der Waals surface area (Å²) in [6, 6.07) is 0. The second-order valence-corrected chi connectivity index (χ2v) is 2.46. The molecule has 1 aromatic rings. The first-order valence-electron chi connectivity index (χ1n) is 3.79. The molecule has 0 N–H and O–H groups in total. The zero-order chi connectivity index (χ0) is 9.14. The first-order valence-corrected chi connectivity index (χ1v) is 3.79. The van der Waals surface area contributed by atoms with Crippen LogP contribution in [0.2, 0.25) is 0 Å². The molecule has 1 aromatic heterocycles. The molecule has 0 aliphatic heterocycles. The van der Waals surface area contributed by atoms with E-state index in [1.807, 2.05) is 6.92 Å². The van der Waals surface area contributed by atoms with Gasteiger partial charge in [0, 0.05) is 13.5 Å². The van der Waals surface area contributed by atoms with Crippen molar-refractivity contribution in [2.75, 3.05) is 7.11 Å². The third-order valence-corrected chi connectivity index (χ3v) is 1.80. The van der Waals surface area contributed by atoms with Crippen molar-refractivity contribution in [1.29, 1.82) is 0 Å². The maximum absolute atomic E-state index is 11.1. The molecule has 0 saturated carbocycles. The average Bonchev–Trinajstić information content (AvgIpc) is 2.45. The van der Waals surface area contributed by atoms with Gasteiger partial charge in [-0.2, -0.15) is 0 Å². The van der Waals surface area contributed by atoms with Crippen LogP contribution in [-0.4, -0.2) is 22.6 Å². The number of aromatic nitrogens is 2. The lowest BCUT2D eigenvalue weighted by Gasteiger charge is -2.01. The van der Waals surface area contributed by atoms with Crippen LogP contribution in [0.25, 0.3) is 0 Å². The Balaban J connectivity index is 3.02. The lowest BCUT2D eigenvalue weighted by molar-refractivity contribution is 0.0589. The minimum absolute atomic E-state index is 0.343. The van der Waals surface area contributed by atoms with Crippen LogP contribution in [0.5, 0.6) is 0 Å². The molecule has 0 radical (unpaired) electrons. The van der Waals surface area contributed by atoms with E-state index in [9.17, 15) is 4.79 Å². The average molecular weight is 168 g/mol. The fourth-order valence-corrected chi connectivity index (χ4v) is 1.07. The van der Waals surface area contributed by atoms with Crippen molar-refractivity contribution in [2.45, 2.75) is 13.3 Å². The maximum Gasteiger partial charge on any atom is 0.356 e. The first kappa shape index (κ1) is 8.77. The minimum Gasteiger partial charge on any atom is -0.464 e. The van der Waals surface area contributed by atoms with Crippen LogP contribution < -0.4 is 0 Å². The Morgan fingerprint density at radius 1 is 1.75 bits per heavy atom. The van der Waals surface area contributed by atoms with Crippen molar-refractivity contribution in [1.82, 2.24) is 9.55 Å². The summed E-state index contributed by atoms with van der Waals surface area (Å²) in [6.45, 7) is 1.99. The van der Waals surface area contributed by atoms with Crippen LogP contribution in [-0.2, 0) is 18.2 Å². The van der Waals surface area contributed by atoms with Crippen LogP contribution >= 0.6 is 0 Å². The SMILES string of the molecule is CCc1ncc(C(=O)OC)n1C. The summed E-state index contributed by atoms with van der Waals surface area (Å²) in [5.41, 5.74) is 0.495. The summed E-state index contributed by atoms with van der Waals surface area (Å²) < 4.78 is 6.32. The molecule has 0 aliphatic carbocycles. The molecule has 0 spiro atoms. The van der Waals surface area contributed by atoms with Crippen LogP contribution in [0.4, 0.5) is 0 Å². The van der Waals surface area contributed by atoms with E-state index in [2.05, 4.69) is 9.72 Å². The summed E-state index contributed by atoms with van der Waals surface area (Å²) in [5.74, 6) is 0.542. The molecule has 66 valence electrons. The largest absolute Gasteiger partial charge is 0.464 e. The summed E-state index contributed by atoms with van der Waals surface area (Å²) in [5, 5.41) is 0. The predicted octanol–water partition coefficient (Wildman–Crippen LogP) is 0.769. The number of esters is 1. The maximum atomic E-state index is 11.1. The first-order chi connectivity index (χ1) is 5.70. The highest BCUT2D eigenvalue weighted by Gasteiger charge is 2.12. The van der Waals surface area contributed by atoms with E-state index >= 15 is 0 Å². The lowest BCUT2D eigenvalue weighted by atomic mass is 10.4. The number of rotatable bonds is 2. The normalized spacial score (nSPS) is 9.92. The van der Waals surface area contributed by atoms with Gasteiger partial charge in [0.2, 0.25) is 0 Å². The highest BCUT2D eigenvalue weighted by Crippen LogP contribution is 2.04. The summed E-state index contributed by atoms with van der Waals surface area (Å²) in [4.78, 5) is 15.1. The summed E-state index contributed by atoms with van der Waals surface area (Å²) >= 11 is 0. The van der Waals surface area contributed by atoms with Gasteiger partial charge < -0.3 is 9.30 Å². The molecule has 0 fully saturated rings. The lowest BCUT2D eigenvalue weighted by Crippen LogP contribution is -2.08. The smallest absolute Gasteiger partial charge is 0.356 e. The summed E-state index contributed by atoms with van der Waals surface area (Å²) in [6.07, 6.45) is 2.35. The van der Waals surface area contributed by atoms with Crippen LogP contribution in [0.3, 0.4) is 0 Å². The zero-order valence-corrected chi connectivity index (χ0v) is 7.50. The van der Waals surface area contributed by atoms with Gasteiger partial charge in [-0.3, -0.25) is 0 Å². The number of ether oxygens (including phenoxy) is 1. The molecular weight excluding hydrogens is 156 g/mol. The Hall–Kier alpha value is -1.32. The second-order valence-electron chi connectivity index (χ2n) is 2.46. The number of imidazole rings is 1. The number of hydrogen-bond acceptors (Lipinski definition) is 3. The molecule has 1 heterocycles. The molecule has 0 atom stereocenters. The van der Waals surface area contributed by atoms with Crippen molar-refractivity contribution in [3.05, 3.63) is 17.7 Å². The van der Waals surface area contributed by atoms with Gasteiger partial charge in [-0.05, 0) is 0 Å². The van der Waals surface area contributed by atoms with Gasteiger partial charge in [0.15, 0.2) is 0 Å². The van der Waals surface area contributed by atoms with E-state index in [1.54, 1.807) is 11.6 Å². The summed E-state index contributed by atoms with van der Waals surface area (Å²) in [7, 11) is 3.17. The highest BCUT2D eigenvalue weighted by molar-refractivity contribution is 5.87. The minimum atomic E-state index is -0.343. The van der Waals surface area contributed by atoms with Crippen molar-refractivity contribution in [3.8, 4) is 0 Å². The van der Waals surface area contributed by atoms with Crippen LogP contribution in [0, 0.1) is 0 Å². The molecule has 4 nitrogen and oxygen atoms in total. The number of methoxy groups -OCH3 is 1. The number of nitrogens with zero attached hydrogens (tertiary/aromatic N) is 2. The molecule has 0 unspecified atom stereocenters. The number of carbonyl (C=O) groups excluding carboxylic acids is 1. The van der Waals surface area contributed by atoms with Gasteiger partial charge in [0.25, 0.3) is 0 Å². The van der Waals surface area contributed by atoms with Gasteiger partial charge in [0.1, 0.15) is 11.5 Å². The van der Waals surface area contributed by atoms with Gasteiger partial charge in [-0.25, -0.2) is 9.78 Å². The quantitative estimate of drug-likeness (QED) is 0.612. The Kier molecular flexibility index (Phi) is 2.47. The predicted molar refractivity (Wildman–Crippen MR) is 43.9 cm³/mol. The van der Waals surface area contributed by atoms with Crippen LogP contribution in [0.15, 0.2) is 6.20 Å². The van der Waals surface area contributed by atoms with E-state index in [-0.39, 0.29) is 5.97 Å². The molecular formula is C8H12N2O2. The van der Waals surface area contributed by atoms with Crippen molar-refractivity contribution < 1.29 is 9.53 Å². The molecule has 0 amide bonds. The monoisotopic (exact) mass is 168 g/mol. The number of hydrogen-bond donors (Lipinski definition) is 0. The Morgan fingerprint density at radius 3 is 2.83 bits per heavy atom.